The van der Waals surface area contributed by atoms with Gasteiger partial charge in [0.05, 0.1) is 6.61 Å². The van der Waals surface area contributed by atoms with Crippen LogP contribution in [-0.4, -0.2) is 36.0 Å². The first kappa shape index (κ1) is 13.0. The van der Waals surface area contributed by atoms with Crippen molar-refractivity contribution in [2.24, 2.45) is 0 Å². The Morgan fingerprint density at radius 2 is 2.18 bits per heavy atom. The molecule has 0 fully saturated rings. The van der Waals surface area contributed by atoms with Gasteiger partial charge in [-0.05, 0) is 13.0 Å². The standard InChI is InChI=1S/C12H15NO4/c1-3-17-10-7-5-4-6-9(10)11(12(15)16)13(2)8-14/h4-8,11H,3H2,1-2H3,(H,15,16). The Morgan fingerprint density at radius 3 is 2.71 bits per heavy atom. The van der Waals surface area contributed by atoms with E-state index in [9.17, 15) is 9.59 Å². The second-order valence-electron chi connectivity index (χ2n) is 3.48. The lowest BCUT2D eigenvalue weighted by Crippen LogP contribution is -2.30. The largest absolute Gasteiger partial charge is 0.493 e. The van der Waals surface area contributed by atoms with Crippen molar-refractivity contribution in [3.8, 4) is 5.75 Å². The van der Waals surface area contributed by atoms with Crippen LogP contribution in [0.3, 0.4) is 0 Å². The minimum absolute atomic E-state index is 0.439. The third-order valence-corrected chi connectivity index (χ3v) is 2.32. The van der Waals surface area contributed by atoms with Crippen molar-refractivity contribution in [2.75, 3.05) is 13.7 Å². The van der Waals surface area contributed by atoms with Crippen LogP contribution in [0.2, 0.25) is 0 Å². The molecule has 0 spiro atoms. The van der Waals surface area contributed by atoms with E-state index >= 15 is 0 Å². The number of likely N-dealkylation sites (N-methyl/N-ethyl adjacent to an activating group) is 1. The van der Waals surface area contributed by atoms with E-state index in [0.29, 0.717) is 24.3 Å². The molecular formula is C12H15NO4. The van der Waals surface area contributed by atoms with E-state index in [1.807, 2.05) is 6.92 Å². The molecule has 0 bridgehead atoms. The summed E-state index contributed by atoms with van der Waals surface area (Å²) in [5.41, 5.74) is 0.469. The van der Waals surface area contributed by atoms with Crippen molar-refractivity contribution in [3.63, 3.8) is 0 Å². The van der Waals surface area contributed by atoms with E-state index in [1.165, 1.54) is 7.05 Å². The second kappa shape index (κ2) is 5.89. The summed E-state index contributed by atoms with van der Waals surface area (Å²) in [7, 11) is 1.43. The highest BCUT2D eigenvalue weighted by molar-refractivity contribution is 5.79. The van der Waals surface area contributed by atoms with Crippen molar-refractivity contribution in [3.05, 3.63) is 29.8 Å². The highest BCUT2D eigenvalue weighted by Gasteiger charge is 2.26. The predicted molar refractivity (Wildman–Crippen MR) is 61.8 cm³/mol. The first-order chi connectivity index (χ1) is 8.11. The number of nitrogens with zero attached hydrogens (tertiary/aromatic N) is 1. The van der Waals surface area contributed by atoms with Crippen molar-refractivity contribution >= 4 is 12.4 Å². The van der Waals surface area contributed by atoms with Crippen molar-refractivity contribution in [1.29, 1.82) is 0 Å². The smallest absolute Gasteiger partial charge is 0.331 e. The number of hydrogen-bond donors (Lipinski definition) is 1. The molecule has 0 heterocycles. The van der Waals surface area contributed by atoms with Crippen LogP contribution in [0.4, 0.5) is 0 Å². The molecule has 0 radical (unpaired) electrons. The van der Waals surface area contributed by atoms with Crippen LogP contribution in [-0.2, 0) is 9.59 Å². The first-order valence-electron chi connectivity index (χ1n) is 5.23. The average Bonchev–Trinajstić information content (AvgIpc) is 2.31. The van der Waals surface area contributed by atoms with Crippen molar-refractivity contribution < 1.29 is 19.4 Å². The molecule has 5 nitrogen and oxygen atoms in total. The van der Waals surface area contributed by atoms with Crippen LogP contribution in [0.1, 0.15) is 18.5 Å². The molecule has 1 aromatic rings. The van der Waals surface area contributed by atoms with E-state index < -0.39 is 12.0 Å². The van der Waals surface area contributed by atoms with Gasteiger partial charge in [0, 0.05) is 12.6 Å². The lowest BCUT2D eigenvalue weighted by molar-refractivity contribution is -0.145. The number of carbonyl (C=O) groups excluding carboxylic acids is 1. The van der Waals surface area contributed by atoms with Gasteiger partial charge in [-0.25, -0.2) is 4.79 Å². The van der Waals surface area contributed by atoms with Gasteiger partial charge in [0.1, 0.15) is 5.75 Å². The summed E-state index contributed by atoms with van der Waals surface area (Å²) in [6.07, 6.45) is 0.488. The number of hydrogen-bond acceptors (Lipinski definition) is 3. The number of para-hydroxylation sites is 1. The molecule has 92 valence electrons. The van der Waals surface area contributed by atoms with E-state index in [1.54, 1.807) is 24.3 Å². The van der Waals surface area contributed by atoms with Gasteiger partial charge in [-0.1, -0.05) is 18.2 Å². The molecule has 1 unspecified atom stereocenters. The molecule has 0 aliphatic heterocycles. The fraction of sp³-hybridized carbons (Fsp3) is 0.333. The first-order valence-corrected chi connectivity index (χ1v) is 5.23. The number of carbonyl (C=O) groups is 2. The lowest BCUT2D eigenvalue weighted by atomic mass is 10.1. The van der Waals surface area contributed by atoms with Gasteiger partial charge in [-0.15, -0.1) is 0 Å². The summed E-state index contributed by atoms with van der Waals surface area (Å²) in [5, 5.41) is 9.16. The second-order valence-corrected chi connectivity index (χ2v) is 3.48. The van der Waals surface area contributed by atoms with Crippen LogP contribution >= 0.6 is 0 Å². The molecule has 1 atom stereocenters. The van der Waals surface area contributed by atoms with Gasteiger partial charge in [0.2, 0.25) is 6.41 Å². The zero-order chi connectivity index (χ0) is 12.8. The quantitative estimate of drug-likeness (QED) is 0.757. The normalized spacial score (nSPS) is 11.6. The number of ether oxygens (including phenoxy) is 1. The molecule has 17 heavy (non-hydrogen) atoms. The summed E-state index contributed by atoms with van der Waals surface area (Å²) in [6.45, 7) is 2.25. The molecule has 1 rings (SSSR count). The Kier molecular flexibility index (Phi) is 4.51. The molecule has 1 amide bonds. The molecular weight excluding hydrogens is 222 g/mol. The lowest BCUT2D eigenvalue weighted by Gasteiger charge is -2.22. The molecule has 0 saturated carbocycles. The maximum absolute atomic E-state index is 11.2. The van der Waals surface area contributed by atoms with Gasteiger partial charge in [0.25, 0.3) is 0 Å². The molecule has 0 aliphatic rings. The summed E-state index contributed by atoms with van der Waals surface area (Å²) in [5.74, 6) is -0.608. The summed E-state index contributed by atoms with van der Waals surface area (Å²) >= 11 is 0. The highest BCUT2D eigenvalue weighted by Crippen LogP contribution is 2.28. The van der Waals surface area contributed by atoms with Crippen LogP contribution in [0, 0.1) is 0 Å². The number of aliphatic carboxylic acids is 1. The monoisotopic (exact) mass is 237 g/mol. The summed E-state index contributed by atoms with van der Waals surface area (Å²) in [6, 6.07) is 5.77. The molecule has 0 aliphatic carbocycles. The maximum atomic E-state index is 11.2. The molecule has 5 heteroatoms. The Bertz CT molecular complexity index is 405. The van der Waals surface area contributed by atoms with Crippen molar-refractivity contribution in [2.45, 2.75) is 13.0 Å². The molecule has 0 aromatic heterocycles. The zero-order valence-corrected chi connectivity index (χ0v) is 9.79. The summed E-state index contributed by atoms with van der Waals surface area (Å²) in [4.78, 5) is 23.0. The van der Waals surface area contributed by atoms with Gasteiger partial charge in [-0.2, -0.15) is 0 Å². The fourth-order valence-corrected chi connectivity index (χ4v) is 1.58. The Balaban J connectivity index is 3.17. The van der Waals surface area contributed by atoms with E-state index in [-0.39, 0.29) is 0 Å². The maximum Gasteiger partial charge on any atom is 0.331 e. The average molecular weight is 237 g/mol. The van der Waals surface area contributed by atoms with Crippen molar-refractivity contribution in [1.82, 2.24) is 4.90 Å². The topological polar surface area (TPSA) is 66.8 Å². The zero-order valence-electron chi connectivity index (χ0n) is 9.79. The number of carboxylic acid groups (broad SMARTS) is 1. The third-order valence-electron chi connectivity index (χ3n) is 2.32. The van der Waals surface area contributed by atoms with Gasteiger partial charge < -0.3 is 14.7 Å². The number of carboxylic acids is 1. The SMILES string of the molecule is CCOc1ccccc1C(C(=O)O)N(C)C=O. The number of benzene rings is 1. The minimum atomic E-state index is -1.09. The van der Waals surface area contributed by atoms with Gasteiger partial charge in [0.15, 0.2) is 6.04 Å². The Morgan fingerprint density at radius 1 is 1.53 bits per heavy atom. The van der Waals surface area contributed by atoms with Gasteiger partial charge in [-0.3, -0.25) is 4.79 Å². The van der Waals surface area contributed by atoms with Crippen LogP contribution in [0.5, 0.6) is 5.75 Å². The van der Waals surface area contributed by atoms with Crippen LogP contribution in [0.25, 0.3) is 0 Å². The predicted octanol–water partition coefficient (Wildman–Crippen LogP) is 1.30. The number of rotatable bonds is 6. The molecule has 1 aromatic carbocycles. The van der Waals surface area contributed by atoms with Gasteiger partial charge >= 0.3 is 5.97 Å². The van der Waals surface area contributed by atoms with E-state index in [4.69, 9.17) is 9.84 Å². The summed E-state index contributed by atoms with van der Waals surface area (Å²) < 4.78 is 5.36. The van der Waals surface area contributed by atoms with Crippen LogP contribution in [0.15, 0.2) is 24.3 Å². The Labute approximate surface area is 99.6 Å². The van der Waals surface area contributed by atoms with Crippen LogP contribution < -0.4 is 4.74 Å². The van der Waals surface area contributed by atoms with E-state index in [0.717, 1.165) is 4.90 Å². The molecule has 1 N–H and O–H groups in total. The number of amides is 1. The molecule has 0 saturated heterocycles. The highest BCUT2D eigenvalue weighted by atomic mass is 16.5. The minimum Gasteiger partial charge on any atom is -0.493 e. The third kappa shape index (κ3) is 2.96. The fourth-order valence-electron chi connectivity index (χ4n) is 1.58. The Hall–Kier alpha value is -2.04. The van der Waals surface area contributed by atoms with E-state index in [2.05, 4.69) is 0 Å².